The van der Waals surface area contributed by atoms with Gasteiger partial charge in [-0.3, -0.25) is 0 Å². The monoisotopic (exact) mass is 386 g/mol. The summed E-state index contributed by atoms with van der Waals surface area (Å²) < 4.78 is 13.3. The van der Waals surface area contributed by atoms with E-state index in [9.17, 15) is 0 Å². The van der Waals surface area contributed by atoms with Crippen molar-refractivity contribution in [1.29, 1.82) is 0 Å². The minimum Gasteiger partial charge on any atom is -0.408 e. The largest absolute Gasteiger partial charge is 0.408 e. The number of rotatable bonds is 9. The first-order chi connectivity index (χ1) is 11.1. The third-order valence-electron chi connectivity index (χ3n) is 5.65. The van der Waals surface area contributed by atoms with Gasteiger partial charge in [0.05, 0.1) is 12.2 Å². The summed E-state index contributed by atoms with van der Waals surface area (Å²) in [7, 11) is -3.89. The van der Waals surface area contributed by atoms with E-state index in [0.29, 0.717) is 6.42 Å². The fourth-order valence-corrected chi connectivity index (χ4v) is 4.31. The van der Waals surface area contributed by atoms with Crippen molar-refractivity contribution in [2.75, 3.05) is 6.61 Å². The molecule has 0 bridgehead atoms. The van der Waals surface area contributed by atoms with Gasteiger partial charge >= 0.3 is 0 Å². The highest BCUT2D eigenvalue weighted by Gasteiger charge is 2.43. The van der Waals surface area contributed by atoms with Gasteiger partial charge in [0, 0.05) is 6.61 Å². The van der Waals surface area contributed by atoms with Gasteiger partial charge in [-0.05, 0) is 42.7 Å². The molecule has 0 radical (unpaired) electrons. The SMILES string of the molecule is C=C[C@H](O[Si](C)(C)C(C)(C)C)[C@H](/C=C\CCO)O[Si](C)(C)C(C)(C)C. The summed E-state index contributed by atoms with van der Waals surface area (Å²) in [6.07, 6.45) is 6.20. The standard InChI is InChI=1S/C20H42O3Si2/c1-12-17(22-24(8,9)19(2,3)4)18(15-13-14-16-21)23-25(10,11)20(5,6)7/h12-13,15,17-18,21H,1,14,16H2,2-11H3/b15-13-/t17-,18-/m0/s1. The Morgan fingerprint density at radius 1 is 0.880 bits per heavy atom. The average Bonchev–Trinajstić information content (AvgIpc) is 2.41. The maximum Gasteiger partial charge on any atom is 0.193 e. The Morgan fingerprint density at radius 2 is 1.28 bits per heavy atom. The van der Waals surface area contributed by atoms with Crippen molar-refractivity contribution in [2.45, 2.75) is 96.4 Å². The lowest BCUT2D eigenvalue weighted by Gasteiger charge is -2.43. The molecule has 0 amide bonds. The molecule has 0 fully saturated rings. The van der Waals surface area contributed by atoms with Crippen LogP contribution in [0.4, 0.5) is 0 Å². The quantitative estimate of drug-likeness (QED) is 0.396. The van der Waals surface area contributed by atoms with E-state index in [1.165, 1.54) is 0 Å². The fraction of sp³-hybridized carbons (Fsp3) is 0.800. The molecule has 2 atom stereocenters. The molecule has 0 aliphatic rings. The van der Waals surface area contributed by atoms with Crippen LogP contribution in [0.2, 0.25) is 36.3 Å². The summed E-state index contributed by atoms with van der Waals surface area (Å²) in [6.45, 7) is 26.6. The molecule has 0 saturated heterocycles. The Balaban J connectivity index is 5.60. The van der Waals surface area contributed by atoms with E-state index in [1.54, 1.807) is 0 Å². The Morgan fingerprint density at radius 3 is 1.60 bits per heavy atom. The van der Waals surface area contributed by atoms with E-state index in [-0.39, 0.29) is 28.9 Å². The molecule has 0 spiro atoms. The minimum atomic E-state index is -1.95. The van der Waals surface area contributed by atoms with Gasteiger partial charge in [-0.1, -0.05) is 59.8 Å². The summed E-state index contributed by atoms with van der Waals surface area (Å²) in [4.78, 5) is 0. The maximum atomic E-state index is 9.10. The van der Waals surface area contributed by atoms with Crippen LogP contribution in [0.5, 0.6) is 0 Å². The topological polar surface area (TPSA) is 38.7 Å². The average molecular weight is 387 g/mol. The first-order valence-electron chi connectivity index (χ1n) is 9.35. The molecule has 3 nitrogen and oxygen atoms in total. The van der Waals surface area contributed by atoms with Crippen LogP contribution >= 0.6 is 0 Å². The number of hydrogen-bond donors (Lipinski definition) is 1. The van der Waals surface area contributed by atoms with E-state index in [0.717, 1.165) is 0 Å². The van der Waals surface area contributed by atoms with Gasteiger partial charge in [-0.15, -0.1) is 6.58 Å². The smallest absolute Gasteiger partial charge is 0.193 e. The Kier molecular flexibility index (Phi) is 9.06. The minimum absolute atomic E-state index is 0.124. The van der Waals surface area contributed by atoms with Gasteiger partial charge in [-0.2, -0.15) is 0 Å². The van der Waals surface area contributed by atoms with Crippen molar-refractivity contribution in [2.24, 2.45) is 0 Å². The highest BCUT2D eigenvalue weighted by atomic mass is 28.4. The highest BCUT2D eigenvalue weighted by Crippen LogP contribution is 2.40. The molecular weight excluding hydrogens is 344 g/mol. The van der Waals surface area contributed by atoms with Crippen LogP contribution in [0.15, 0.2) is 24.8 Å². The van der Waals surface area contributed by atoms with Gasteiger partial charge in [0.25, 0.3) is 0 Å². The van der Waals surface area contributed by atoms with Gasteiger partial charge in [0.15, 0.2) is 16.6 Å². The van der Waals surface area contributed by atoms with Gasteiger partial charge < -0.3 is 14.0 Å². The van der Waals surface area contributed by atoms with Crippen molar-refractivity contribution < 1.29 is 14.0 Å². The van der Waals surface area contributed by atoms with Crippen molar-refractivity contribution in [3.05, 3.63) is 24.8 Å². The molecule has 5 heteroatoms. The summed E-state index contributed by atoms with van der Waals surface area (Å²) in [5, 5.41) is 9.36. The molecule has 0 aliphatic carbocycles. The second-order valence-corrected chi connectivity index (χ2v) is 19.4. The maximum absolute atomic E-state index is 9.10. The van der Waals surface area contributed by atoms with Crippen LogP contribution in [-0.2, 0) is 8.85 Å². The molecule has 0 saturated carbocycles. The van der Waals surface area contributed by atoms with E-state index in [4.69, 9.17) is 14.0 Å². The normalized spacial score (nSPS) is 16.9. The Hall–Kier alpha value is -0.206. The van der Waals surface area contributed by atoms with Crippen LogP contribution in [0.1, 0.15) is 48.0 Å². The predicted molar refractivity (Wildman–Crippen MR) is 115 cm³/mol. The summed E-state index contributed by atoms with van der Waals surface area (Å²) in [5.74, 6) is 0. The van der Waals surface area contributed by atoms with Gasteiger partial charge in [0.2, 0.25) is 0 Å². The van der Waals surface area contributed by atoms with Crippen molar-refractivity contribution in [1.82, 2.24) is 0 Å². The second kappa shape index (κ2) is 9.13. The Labute approximate surface area is 158 Å². The number of aliphatic hydroxyl groups is 1. The van der Waals surface area contributed by atoms with Crippen LogP contribution in [0.25, 0.3) is 0 Å². The molecular formula is C20H42O3Si2. The van der Waals surface area contributed by atoms with Crippen molar-refractivity contribution in [3.8, 4) is 0 Å². The molecule has 0 aliphatic heterocycles. The summed E-state index contributed by atoms with van der Waals surface area (Å²) >= 11 is 0. The van der Waals surface area contributed by atoms with E-state index in [1.807, 2.05) is 12.2 Å². The molecule has 0 heterocycles. The third kappa shape index (κ3) is 7.51. The molecule has 148 valence electrons. The van der Waals surface area contributed by atoms with Crippen LogP contribution < -0.4 is 0 Å². The van der Waals surface area contributed by atoms with Crippen LogP contribution in [0.3, 0.4) is 0 Å². The zero-order chi connectivity index (χ0) is 20.1. The Bertz CT molecular complexity index is 443. The predicted octanol–water partition coefficient (Wildman–Crippen LogP) is 5.89. The lowest BCUT2D eigenvalue weighted by molar-refractivity contribution is 0.0938. The van der Waals surface area contributed by atoms with Crippen molar-refractivity contribution in [3.63, 3.8) is 0 Å². The molecule has 25 heavy (non-hydrogen) atoms. The number of aliphatic hydroxyl groups excluding tert-OH is 1. The first-order valence-corrected chi connectivity index (χ1v) is 15.2. The van der Waals surface area contributed by atoms with Gasteiger partial charge in [0.1, 0.15) is 0 Å². The lowest BCUT2D eigenvalue weighted by atomic mass is 10.2. The fourth-order valence-electron chi connectivity index (χ4n) is 1.80. The van der Waals surface area contributed by atoms with E-state index >= 15 is 0 Å². The van der Waals surface area contributed by atoms with E-state index in [2.05, 4.69) is 80.4 Å². The van der Waals surface area contributed by atoms with Crippen LogP contribution in [0, 0.1) is 0 Å². The molecule has 0 aromatic heterocycles. The van der Waals surface area contributed by atoms with E-state index < -0.39 is 16.6 Å². The zero-order valence-electron chi connectivity index (χ0n) is 18.3. The number of hydrogen-bond acceptors (Lipinski definition) is 3. The summed E-state index contributed by atoms with van der Waals surface area (Å²) in [5.41, 5.74) is 0. The molecule has 0 unspecified atom stereocenters. The van der Waals surface area contributed by atoms with Crippen molar-refractivity contribution >= 4 is 16.6 Å². The summed E-state index contributed by atoms with van der Waals surface area (Å²) in [6, 6.07) is 0. The molecule has 0 aromatic carbocycles. The second-order valence-electron chi connectivity index (χ2n) is 9.86. The lowest BCUT2D eigenvalue weighted by Crippen LogP contribution is -2.50. The third-order valence-corrected chi connectivity index (χ3v) is 14.6. The highest BCUT2D eigenvalue weighted by molar-refractivity contribution is 6.74. The molecule has 1 N–H and O–H groups in total. The molecule has 0 aromatic rings. The van der Waals surface area contributed by atoms with Gasteiger partial charge in [-0.25, -0.2) is 0 Å². The molecule has 0 rings (SSSR count). The first kappa shape index (κ1) is 24.8. The van der Waals surface area contributed by atoms with Crippen LogP contribution in [-0.4, -0.2) is 40.6 Å². The zero-order valence-corrected chi connectivity index (χ0v) is 20.3.